The van der Waals surface area contributed by atoms with Gasteiger partial charge in [-0.05, 0) is 0 Å². The van der Waals surface area contributed by atoms with Crippen molar-refractivity contribution in [1.29, 1.82) is 0 Å². The molecule has 0 rings (SSSR count). The molecule has 10 heteroatoms. The van der Waals surface area contributed by atoms with E-state index in [4.69, 9.17) is 10.9 Å². The minimum Gasteiger partial charge on any atom is -0.452 e. The molecule has 94 valence electrons. The maximum atomic E-state index is 11.4. The molecule has 0 aromatic carbocycles. The first-order valence-corrected chi connectivity index (χ1v) is 5.56. The Morgan fingerprint density at radius 3 is 2.62 bits per heavy atom. The number of amidine groups is 1. The Morgan fingerprint density at radius 1 is 1.62 bits per heavy atom. The summed E-state index contributed by atoms with van der Waals surface area (Å²) in [7, 11) is -1.68. The zero-order chi connectivity index (χ0) is 12.8. The SMILES string of the molecule is COC(=O)NS(=O)(=O)N(C)CCC(N)=NO. The van der Waals surface area contributed by atoms with E-state index < -0.39 is 16.3 Å². The van der Waals surface area contributed by atoms with E-state index in [1.807, 2.05) is 0 Å². The van der Waals surface area contributed by atoms with E-state index in [1.54, 1.807) is 4.72 Å². The number of oxime groups is 1. The molecular formula is C6H14N4O5S. The summed E-state index contributed by atoms with van der Waals surface area (Å²) >= 11 is 0. The number of carbonyl (C=O) groups excluding carboxylic acids is 1. The molecule has 0 bridgehead atoms. The number of carbonyl (C=O) groups is 1. The van der Waals surface area contributed by atoms with E-state index in [9.17, 15) is 13.2 Å². The second-order valence-corrected chi connectivity index (χ2v) is 4.54. The van der Waals surface area contributed by atoms with E-state index in [-0.39, 0.29) is 18.8 Å². The van der Waals surface area contributed by atoms with Crippen molar-refractivity contribution < 1.29 is 23.2 Å². The van der Waals surface area contributed by atoms with Crippen LogP contribution in [0.4, 0.5) is 4.79 Å². The Morgan fingerprint density at radius 2 is 2.19 bits per heavy atom. The maximum Gasteiger partial charge on any atom is 0.421 e. The van der Waals surface area contributed by atoms with Gasteiger partial charge in [0.25, 0.3) is 0 Å². The van der Waals surface area contributed by atoms with Crippen LogP contribution < -0.4 is 10.5 Å². The average Bonchev–Trinajstić information content (AvgIpc) is 2.24. The van der Waals surface area contributed by atoms with Crippen LogP contribution in [-0.2, 0) is 14.9 Å². The predicted molar refractivity (Wildman–Crippen MR) is 55.1 cm³/mol. The summed E-state index contributed by atoms with van der Waals surface area (Å²) in [4.78, 5) is 10.7. The number of hydrogen-bond donors (Lipinski definition) is 3. The monoisotopic (exact) mass is 254 g/mol. The summed E-state index contributed by atoms with van der Waals surface area (Å²) in [6, 6.07) is 0. The van der Waals surface area contributed by atoms with Gasteiger partial charge in [0.05, 0.1) is 7.11 Å². The van der Waals surface area contributed by atoms with Gasteiger partial charge < -0.3 is 15.7 Å². The molecule has 0 saturated carbocycles. The zero-order valence-corrected chi connectivity index (χ0v) is 9.69. The molecule has 9 nitrogen and oxygen atoms in total. The van der Waals surface area contributed by atoms with Gasteiger partial charge in [-0.1, -0.05) is 5.16 Å². The third-order valence-corrected chi connectivity index (χ3v) is 3.05. The van der Waals surface area contributed by atoms with Gasteiger partial charge in [-0.2, -0.15) is 12.7 Å². The molecule has 1 amide bonds. The van der Waals surface area contributed by atoms with Crippen LogP contribution in [0.2, 0.25) is 0 Å². The number of ether oxygens (including phenoxy) is 1. The number of rotatable bonds is 5. The second kappa shape index (κ2) is 6.12. The van der Waals surface area contributed by atoms with Crippen LogP contribution in [0.1, 0.15) is 6.42 Å². The largest absolute Gasteiger partial charge is 0.452 e. The van der Waals surface area contributed by atoms with Crippen LogP contribution >= 0.6 is 0 Å². The van der Waals surface area contributed by atoms with Crippen LogP contribution in [-0.4, -0.2) is 50.6 Å². The van der Waals surface area contributed by atoms with Gasteiger partial charge in [-0.25, -0.2) is 9.52 Å². The number of nitrogens with zero attached hydrogens (tertiary/aromatic N) is 2. The van der Waals surface area contributed by atoms with Crippen LogP contribution in [0.5, 0.6) is 0 Å². The quantitative estimate of drug-likeness (QED) is 0.240. The number of nitrogens with two attached hydrogens (primary N) is 1. The Balaban J connectivity index is 4.36. The van der Waals surface area contributed by atoms with Crippen molar-refractivity contribution in [3.05, 3.63) is 0 Å². The fourth-order valence-electron chi connectivity index (χ4n) is 0.667. The first kappa shape index (κ1) is 14.5. The third-order valence-electron chi connectivity index (χ3n) is 1.62. The highest BCUT2D eigenvalue weighted by Crippen LogP contribution is 1.96. The molecule has 0 spiro atoms. The standard InChI is InChI=1S/C6H14N4O5S/c1-10(4-3-5(7)8-12)16(13,14)9-6(11)15-2/h12H,3-4H2,1-2H3,(H2,7,8)(H,9,11). The lowest BCUT2D eigenvalue weighted by molar-refractivity contribution is 0.177. The first-order chi connectivity index (χ1) is 7.33. The lowest BCUT2D eigenvalue weighted by Gasteiger charge is -2.16. The average molecular weight is 254 g/mol. The molecule has 16 heavy (non-hydrogen) atoms. The normalized spacial score (nSPS) is 12.6. The lowest BCUT2D eigenvalue weighted by atomic mass is 10.4. The van der Waals surface area contributed by atoms with Gasteiger partial charge >= 0.3 is 16.3 Å². The third kappa shape index (κ3) is 4.79. The van der Waals surface area contributed by atoms with Gasteiger partial charge in [-0.3, -0.25) is 0 Å². The van der Waals surface area contributed by atoms with Crippen molar-refractivity contribution in [3.8, 4) is 0 Å². The van der Waals surface area contributed by atoms with Crippen LogP contribution in [0.3, 0.4) is 0 Å². The van der Waals surface area contributed by atoms with Crippen LogP contribution in [0.25, 0.3) is 0 Å². The van der Waals surface area contributed by atoms with E-state index in [0.29, 0.717) is 0 Å². The minimum absolute atomic E-state index is 0.0368. The Kier molecular flexibility index (Phi) is 5.53. The van der Waals surface area contributed by atoms with Crippen molar-refractivity contribution in [3.63, 3.8) is 0 Å². The molecule has 0 aromatic heterocycles. The maximum absolute atomic E-state index is 11.4. The molecule has 0 aliphatic rings. The molecule has 0 aliphatic carbocycles. The molecule has 0 heterocycles. The van der Waals surface area contributed by atoms with Crippen molar-refractivity contribution in [2.75, 3.05) is 20.7 Å². The highest BCUT2D eigenvalue weighted by molar-refractivity contribution is 7.87. The van der Waals surface area contributed by atoms with Crippen LogP contribution in [0, 0.1) is 0 Å². The fraction of sp³-hybridized carbons (Fsp3) is 0.667. The van der Waals surface area contributed by atoms with Gasteiger partial charge in [0.2, 0.25) is 0 Å². The fourth-order valence-corrected chi connectivity index (χ4v) is 1.45. The lowest BCUT2D eigenvalue weighted by Crippen LogP contribution is -2.42. The number of hydrogen-bond acceptors (Lipinski definition) is 6. The predicted octanol–water partition coefficient (Wildman–Crippen LogP) is -1.34. The highest BCUT2D eigenvalue weighted by Gasteiger charge is 2.20. The topological polar surface area (TPSA) is 134 Å². The molecule has 0 atom stereocenters. The Labute approximate surface area is 93.0 Å². The number of amides is 1. The molecule has 0 saturated heterocycles. The molecule has 0 unspecified atom stereocenters. The Hall–Kier alpha value is -1.55. The zero-order valence-electron chi connectivity index (χ0n) is 8.87. The molecule has 0 aromatic rings. The molecule has 0 aliphatic heterocycles. The van der Waals surface area contributed by atoms with E-state index in [1.165, 1.54) is 7.05 Å². The van der Waals surface area contributed by atoms with E-state index in [0.717, 1.165) is 11.4 Å². The van der Waals surface area contributed by atoms with Crippen molar-refractivity contribution >= 4 is 22.1 Å². The van der Waals surface area contributed by atoms with Gasteiger partial charge in [0.15, 0.2) is 0 Å². The van der Waals surface area contributed by atoms with E-state index in [2.05, 4.69) is 9.89 Å². The second-order valence-electron chi connectivity index (χ2n) is 2.76. The van der Waals surface area contributed by atoms with Crippen molar-refractivity contribution in [1.82, 2.24) is 9.03 Å². The molecule has 0 radical (unpaired) electrons. The smallest absolute Gasteiger partial charge is 0.421 e. The summed E-state index contributed by atoms with van der Waals surface area (Å²) in [5.74, 6) is -0.111. The van der Waals surface area contributed by atoms with Gasteiger partial charge in [0, 0.05) is 20.0 Å². The van der Waals surface area contributed by atoms with Crippen molar-refractivity contribution in [2.24, 2.45) is 10.9 Å². The van der Waals surface area contributed by atoms with Crippen molar-refractivity contribution in [2.45, 2.75) is 6.42 Å². The highest BCUT2D eigenvalue weighted by atomic mass is 32.2. The molecule has 4 N–H and O–H groups in total. The summed E-state index contributed by atoms with van der Waals surface area (Å²) in [5.41, 5.74) is 5.16. The first-order valence-electron chi connectivity index (χ1n) is 4.12. The number of methoxy groups -OCH3 is 1. The summed E-state index contributed by atoms with van der Waals surface area (Å²) in [6.45, 7) is -0.0395. The van der Waals surface area contributed by atoms with Gasteiger partial charge in [0.1, 0.15) is 5.84 Å². The van der Waals surface area contributed by atoms with Crippen LogP contribution in [0.15, 0.2) is 5.16 Å². The minimum atomic E-state index is -3.96. The van der Waals surface area contributed by atoms with E-state index >= 15 is 0 Å². The summed E-state index contributed by atoms with van der Waals surface area (Å²) < 4.78 is 29.4. The number of nitrogens with one attached hydrogen (secondary N) is 1. The molecule has 0 fully saturated rings. The Bertz CT molecular complexity index is 365. The summed E-state index contributed by atoms with van der Waals surface area (Å²) in [5, 5.41) is 10.9. The summed E-state index contributed by atoms with van der Waals surface area (Å²) in [6.07, 6.45) is -1.05. The van der Waals surface area contributed by atoms with Gasteiger partial charge in [-0.15, -0.1) is 0 Å². The molecular weight excluding hydrogens is 240 g/mol.